The Morgan fingerprint density at radius 3 is 2.48 bits per heavy atom. The summed E-state index contributed by atoms with van der Waals surface area (Å²) in [7, 11) is 0. The maximum Gasteiger partial charge on any atom is 0.310 e. The zero-order valence-electron chi connectivity index (χ0n) is 11.8. The van der Waals surface area contributed by atoms with E-state index >= 15 is 0 Å². The van der Waals surface area contributed by atoms with Crippen LogP contribution in [0.5, 0.6) is 0 Å². The average molecular weight is 301 g/mol. The van der Waals surface area contributed by atoms with Crippen LogP contribution < -0.4 is 0 Å². The van der Waals surface area contributed by atoms with Gasteiger partial charge in [0.1, 0.15) is 0 Å². The van der Waals surface area contributed by atoms with Crippen LogP contribution in [-0.2, 0) is 11.3 Å². The van der Waals surface area contributed by atoms with E-state index in [4.69, 9.17) is 0 Å². The highest BCUT2D eigenvalue weighted by atomic mass is 19.2. The molecule has 0 amide bonds. The van der Waals surface area contributed by atoms with Crippen LogP contribution in [0.2, 0.25) is 0 Å². The highest BCUT2D eigenvalue weighted by molar-refractivity contribution is 5.75. The Kier molecular flexibility index (Phi) is 4.56. The van der Waals surface area contributed by atoms with Crippen molar-refractivity contribution >= 4 is 5.97 Å². The quantitative estimate of drug-likeness (QED) is 0.849. The molecule has 1 aliphatic rings. The van der Waals surface area contributed by atoms with E-state index in [1.807, 2.05) is 11.8 Å². The summed E-state index contributed by atoms with van der Waals surface area (Å²) >= 11 is 0. The SMILES string of the molecule is CCCC1(C(=O)O)CCN(Cc2cc(F)c(F)c(F)c2)C1. The predicted molar refractivity (Wildman–Crippen MR) is 71.2 cm³/mol. The lowest BCUT2D eigenvalue weighted by Gasteiger charge is -2.24. The maximum atomic E-state index is 13.2. The molecule has 0 saturated carbocycles. The maximum absolute atomic E-state index is 13.2. The first-order valence-corrected chi connectivity index (χ1v) is 6.97. The minimum Gasteiger partial charge on any atom is -0.481 e. The lowest BCUT2D eigenvalue weighted by atomic mass is 9.83. The van der Waals surface area contributed by atoms with Gasteiger partial charge in [0.25, 0.3) is 0 Å². The zero-order valence-corrected chi connectivity index (χ0v) is 11.8. The van der Waals surface area contributed by atoms with Gasteiger partial charge in [0.05, 0.1) is 5.41 Å². The average Bonchev–Trinajstić information content (AvgIpc) is 2.81. The first-order chi connectivity index (χ1) is 9.88. The first kappa shape index (κ1) is 15.8. The van der Waals surface area contributed by atoms with Crippen LogP contribution in [0.4, 0.5) is 13.2 Å². The number of benzene rings is 1. The van der Waals surface area contributed by atoms with Gasteiger partial charge in [-0.3, -0.25) is 9.69 Å². The van der Waals surface area contributed by atoms with E-state index in [1.165, 1.54) is 0 Å². The van der Waals surface area contributed by atoms with Crippen molar-refractivity contribution in [1.29, 1.82) is 0 Å². The van der Waals surface area contributed by atoms with Crippen molar-refractivity contribution in [2.24, 2.45) is 5.41 Å². The molecule has 0 aromatic heterocycles. The largest absolute Gasteiger partial charge is 0.481 e. The van der Waals surface area contributed by atoms with E-state index < -0.39 is 28.8 Å². The van der Waals surface area contributed by atoms with Crippen molar-refractivity contribution in [3.63, 3.8) is 0 Å². The van der Waals surface area contributed by atoms with Gasteiger partial charge in [0.2, 0.25) is 0 Å². The topological polar surface area (TPSA) is 40.5 Å². The second kappa shape index (κ2) is 6.05. The standard InChI is InChI=1S/C15H18F3NO2/c1-2-3-15(14(20)21)4-5-19(9-15)8-10-6-11(16)13(18)12(17)7-10/h6-7H,2-5,8-9H2,1H3,(H,20,21). The van der Waals surface area contributed by atoms with Gasteiger partial charge in [-0.15, -0.1) is 0 Å². The molecule has 0 spiro atoms. The van der Waals surface area contributed by atoms with Crippen LogP contribution in [0.1, 0.15) is 31.7 Å². The Morgan fingerprint density at radius 1 is 1.33 bits per heavy atom. The van der Waals surface area contributed by atoms with E-state index in [2.05, 4.69) is 0 Å². The Bertz CT molecular complexity index is 527. The van der Waals surface area contributed by atoms with Gasteiger partial charge in [-0.25, -0.2) is 13.2 Å². The predicted octanol–water partition coefficient (Wildman–Crippen LogP) is 3.18. The molecule has 1 heterocycles. The summed E-state index contributed by atoms with van der Waals surface area (Å²) in [6.07, 6.45) is 1.85. The van der Waals surface area contributed by atoms with Crippen LogP contribution in [0.15, 0.2) is 12.1 Å². The molecule has 2 rings (SSSR count). The smallest absolute Gasteiger partial charge is 0.310 e. The number of carbonyl (C=O) groups is 1. The number of rotatable bonds is 5. The minimum atomic E-state index is -1.48. The second-order valence-corrected chi connectivity index (χ2v) is 5.67. The van der Waals surface area contributed by atoms with Gasteiger partial charge in [-0.1, -0.05) is 13.3 Å². The van der Waals surface area contributed by atoms with E-state index in [9.17, 15) is 23.1 Å². The van der Waals surface area contributed by atoms with Gasteiger partial charge in [0.15, 0.2) is 17.5 Å². The summed E-state index contributed by atoms with van der Waals surface area (Å²) in [5, 5.41) is 9.41. The van der Waals surface area contributed by atoms with E-state index in [0.717, 1.165) is 18.6 Å². The molecular formula is C15H18F3NO2. The molecule has 116 valence electrons. The fraction of sp³-hybridized carbons (Fsp3) is 0.533. The van der Waals surface area contributed by atoms with Crippen LogP contribution >= 0.6 is 0 Å². The van der Waals surface area contributed by atoms with Crippen LogP contribution in [0.3, 0.4) is 0 Å². The molecule has 1 saturated heterocycles. The van der Waals surface area contributed by atoms with Crippen molar-refractivity contribution in [2.45, 2.75) is 32.7 Å². The Balaban J connectivity index is 2.10. The number of halogens is 3. The van der Waals surface area contributed by atoms with Gasteiger partial charge in [0, 0.05) is 13.1 Å². The Hall–Kier alpha value is -1.56. The molecule has 6 heteroatoms. The zero-order chi connectivity index (χ0) is 15.6. The minimum absolute atomic E-state index is 0.215. The molecule has 1 atom stereocenters. The molecule has 1 aromatic carbocycles. The lowest BCUT2D eigenvalue weighted by Crippen LogP contribution is -2.34. The fourth-order valence-electron chi connectivity index (χ4n) is 3.01. The molecule has 1 N–H and O–H groups in total. The molecule has 1 unspecified atom stereocenters. The lowest BCUT2D eigenvalue weighted by molar-refractivity contribution is -0.148. The van der Waals surface area contributed by atoms with Crippen LogP contribution in [-0.4, -0.2) is 29.1 Å². The van der Waals surface area contributed by atoms with E-state index in [1.54, 1.807) is 0 Å². The molecule has 3 nitrogen and oxygen atoms in total. The van der Waals surface area contributed by atoms with Gasteiger partial charge >= 0.3 is 5.97 Å². The van der Waals surface area contributed by atoms with Crippen molar-refractivity contribution in [2.75, 3.05) is 13.1 Å². The van der Waals surface area contributed by atoms with Crippen molar-refractivity contribution in [1.82, 2.24) is 4.90 Å². The third-order valence-corrected chi connectivity index (χ3v) is 4.06. The summed E-state index contributed by atoms with van der Waals surface area (Å²) in [6, 6.07) is 1.91. The van der Waals surface area contributed by atoms with Gasteiger partial charge < -0.3 is 5.11 Å². The van der Waals surface area contributed by atoms with Gasteiger partial charge in [-0.05, 0) is 37.1 Å². The normalized spacial score (nSPS) is 22.7. The molecule has 21 heavy (non-hydrogen) atoms. The molecule has 1 aliphatic heterocycles. The molecular weight excluding hydrogens is 283 g/mol. The second-order valence-electron chi connectivity index (χ2n) is 5.67. The Labute approximate surface area is 121 Å². The van der Waals surface area contributed by atoms with E-state index in [-0.39, 0.29) is 6.54 Å². The molecule has 0 aliphatic carbocycles. The summed E-state index contributed by atoms with van der Waals surface area (Å²) in [5.74, 6) is -4.75. The third-order valence-electron chi connectivity index (χ3n) is 4.06. The molecule has 0 radical (unpaired) electrons. The van der Waals surface area contributed by atoms with E-state index in [0.29, 0.717) is 31.5 Å². The number of hydrogen-bond acceptors (Lipinski definition) is 2. The summed E-state index contributed by atoms with van der Waals surface area (Å²) in [5.41, 5.74) is -0.477. The monoisotopic (exact) mass is 301 g/mol. The number of aliphatic carboxylic acids is 1. The summed E-state index contributed by atoms with van der Waals surface area (Å²) in [6.45, 7) is 3.04. The molecule has 1 fully saturated rings. The van der Waals surface area contributed by atoms with Crippen LogP contribution in [0, 0.1) is 22.9 Å². The fourth-order valence-corrected chi connectivity index (χ4v) is 3.01. The number of carboxylic acids is 1. The number of hydrogen-bond donors (Lipinski definition) is 1. The first-order valence-electron chi connectivity index (χ1n) is 6.97. The third kappa shape index (κ3) is 3.20. The number of likely N-dealkylation sites (tertiary alicyclic amines) is 1. The van der Waals surface area contributed by atoms with Crippen molar-refractivity contribution in [3.05, 3.63) is 35.1 Å². The van der Waals surface area contributed by atoms with Crippen LogP contribution in [0.25, 0.3) is 0 Å². The summed E-state index contributed by atoms with van der Waals surface area (Å²) in [4.78, 5) is 13.3. The van der Waals surface area contributed by atoms with Crippen molar-refractivity contribution in [3.8, 4) is 0 Å². The van der Waals surface area contributed by atoms with Gasteiger partial charge in [-0.2, -0.15) is 0 Å². The number of carboxylic acid groups (broad SMARTS) is 1. The molecule has 0 bridgehead atoms. The number of nitrogens with zero attached hydrogens (tertiary/aromatic N) is 1. The highest BCUT2D eigenvalue weighted by Gasteiger charge is 2.43. The highest BCUT2D eigenvalue weighted by Crippen LogP contribution is 2.36. The Morgan fingerprint density at radius 2 is 1.95 bits per heavy atom. The molecule has 1 aromatic rings. The van der Waals surface area contributed by atoms with Crippen molar-refractivity contribution < 1.29 is 23.1 Å². The summed E-state index contributed by atoms with van der Waals surface area (Å²) < 4.78 is 39.3.